The predicted octanol–water partition coefficient (Wildman–Crippen LogP) is 18.9. The summed E-state index contributed by atoms with van der Waals surface area (Å²) < 4.78 is 39.6. The van der Waals surface area contributed by atoms with Gasteiger partial charge in [0.15, 0.2) is 6.10 Å². The van der Waals surface area contributed by atoms with Gasteiger partial charge in [-0.3, -0.25) is 23.4 Å². The largest absolute Gasteiger partial charge is 0.472 e. The molecule has 0 aromatic heterocycles. The van der Waals surface area contributed by atoms with Gasteiger partial charge >= 0.3 is 25.7 Å². The van der Waals surface area contributed by atoms with Crippen molar-refractivity contribution in [2.45, 2.75) is 315 Å². The summed E-state index contributed by atoms with van der Waals surface area (Å²) in [6.45, 7) is 4.63. The minimum absolute atomic E-state index is 0.159. The molecule has 2 N–H and O–H groups in total. The van der Waals surface area contributed by atoms with Crippen molar-refractivity contribution < 1.29 is 52.2 Å². The first-order valence-corrected chi connectivity index (χ1v) is 33.0. The first-order valence-electron chi connectivity index (χ1n) is 31.5. The Balaban J connectivity index is 4.70. The normalized spacial score (nSPS) is 13.6. The highest BCUT2D eigenvalue weighted by Crippen LogP contribution is 2.43. The Bertz CT molecular complexity index is 1460. The molecule has 12 heteroatoms. The molecule has 3 unspecified atom stereocenters. The van der Waals surface area contributed by atoms with E-state index in [2.05, 4.69) is 69.4 Å². The molecular formula is C64H117O11P. The van der Waals surface area contributed by atoms with Crippen LogP contribution in [0.4, 0.5) is 0 Å². The van der Waals surface area contributed by atoms with E-state index >= 15 is 0 Å². The van der Waals surface area contributed by atoms with Crippen LogP contribution < -0.4 is 0 Å². The quantitative estimate of drug-likeness (QED) is 0.0197. The Morgan fingerprint density at radius 3 is 1.03 bits per heavy atom. The van der Waals surface area contributed by atoms with E-state index in [1.54, 1.807) is 0 Å². The van der Waals surface area contributed by atoms with E-state index in [0.717, 1.165) is 96.3 Å². The molecule has 0 aliphatic heterocycles. The minimum Gasteiger partial charge on any atom is -0.462 e. The zero-order chi connectivity index (χ0) is 55.5. The number of aliphatic hydroxyl groups excluding tert-OH is 1. The van der Waals surface area contributed by atoms with Crippen molar-refractivity contribution in [2.75, 3.05) is 26.4 Å². The SMILES string of the molecule is CCCCC/C=C\C/C=C\CCCCCCCCCC(=O)OC(COC(=O)CCCCCCCCCCC/C=C\CCCCCCCC)COP(=O)(O)OCC(CO)OC(=O)CCCCCCC/C=C\CCCCCC. The van der Waals surface area contributed by atoms with E-state index in [4.69, 9.17) is 23.3 Å². The number of phosphoric ester groups is 1. The van der Waals surface area contributed by atoms with E-state index < -0.39 is 57.8 Å². The maximum absolute atomic E-state index is 12.9. The number of allylic oxidation sites excluding steroid dienone is 8. The zero-order valence-electron chi connectivity index (χ0n) is 49.2. The molecule has 444 valence electrons. The van der Waals surface area contributed by atoms with Crippen molar-refractivity contribution in [3.63, 3.8) is 0 Å². The van der Waals surface area contributed by atoms with Gasteiger partial charge in [0, 0.05) is 19.3 Å². The van der Waals surface area contributed by atoms with Crippen LogP contribution in [0.2, 0.25) is 0 Å². The summed E-state index contributed by atoms with van der Waals surface area (Å²) >= 11 is 0. The highest BCUT2D eigenvalue weighted by atomic mass is 31.2. The maximum atomic E-state index is 12.9. The first kappa shape index (κ1) is 73.4. The van der Waals surface area contributed by atoms with Gasteiger partial charge in [0.05, 0.1) is 19.8 Å². The Morgan fingerprint density at radius 2 is 0.645 bits per heavy atom. The van der Waals surface area contributed by atoms with E-state index in [-0.39, 0.29) is 25.9 Å². The van der Waals surface area contributed by atoms with Crippen LogP contribution >= 0.6 is 7.82 Å². The number of carbonyl (C=O) groups is 3. The fourth-order valence-electron chi connectivity index (χ4n) is 8.85. The van der Waals surface area contributed by atoms with Gasteiger partial charge in [-0.25, -0.2) is 4.57 Å². The number of esters is 3. The number of aliphatic hydroxyl groups is 1. The number of rotatable bonds is 59. The van der Waals surface area contributed by atoms with Crippen LogP contribution in [0.25, 0.3) is 0 Å². The number of ether oxygens (including phenoxy) is 3. The molecule has 0 aliphatic carbocycles. The molecule has 76 heavy (non-hydrogen) atoms. The van der Waals surface area contributed by atoms with Gasteiger partial charge in [-0.15, -0.1) is 0 Å². The van der Waals surface area contributed by atoms with Gasteiger partial charge in [-0.1, -0.05) is 230 Å². The first-order chi connectivity index (χ1) is 37.2. The second-order valence-corrected chi connectivity index (χ2v) is 22.7. The Hall–Kier alpha value is -2.56. The van der Waals surface area contributed by atoms with Crippen LogP contribution in [0.15, 0.2) is 48.6 Å². The summed E-state index contributed by atoms with van der Waals surface area (Å²) in [7, 11) is -4.75. The monoisotopic (exact) mass is 1090 g/mol. The number of phosphoric acid groups is 1. The van der Waals surface area contributed by atoms with Crippen molar-refractivity contribution in [3.05, 3.63) is 48.6 Å². The second kappa shape index (κ2) is 58.6. The average molecular weight is 1090 g/mol. The van der Waals surface area contributed by atoms with Crippen LogP contribution in [0.3, 0.4) is 0 Å². The van der Waals surface area contributed by atoms with Crippen LogP contribution in [0.1, 0.15) is 303 Å². The minimum atomic E-state index is -4.75. The zero-order valence-corrected chi connectivity index (χ0v) is 50.1. The molecule has 0 aliphatic rings. The second-order valence-electron chi connectivity index (χ2n) is 21.2. The summed E-state index contributed by atoms with van der Waals surface area (Å²) in [5.74, 6) is -1.47. The van der Waals surface area contributed by atoms with Crippen LogP contribution in [0.5, 0.6) is 0 Å². The third-order valence-corrected chi connectivity index (χ3v) is 14.6. The van der Waals surface area contributed by atoms with Crippen molar-refractivity contribution >= 4 is 25.7 Å². The topological polar surface area (TPSA) is 155 Å². The molecular weight excluding hydrogens is 976 g/mol. The molecule has 0 aromatic carbocycles. The lowest BCUT2D eigenvalue weighted by Gasteiger charge is -2.21. The Labute approximate surface area is 466 Å². The van der Waals surface area contributed by atoms with Crippen molar-refractivity contribution in [2.24, 2.45) is 0 Å². The van der Waals surface area contributed by atoms with Crippen molar-refractivity contribution in [1.29, 1.82) is 0 Å². The third kappa shape index (κ3) is 56.2. The fourth-order valence-corrected chi connectivity index (χ4v) is 9.63. The van der Waals surface area contributed by atoms with Gasteiger partial charge < -0.3 is 24.2 Å². The van der Waals surface area contributed by atoms with Crippen LogP contribution in [-0.2, 0) is 42.2 Å². The summed E-state index contributed by atoms with van der Waals surface area (Å²) in [5, 5.41) is 9.83. The van der Waals surface area contributed by atoms with Gasteiger partial charge in [0.2, 0.25) is 0 Å². The van der Waals surface area contributed by atoms with Gasteiger partial charge in [-0.2, -0.15) is 0 Å². The molecule has 3 atom stereocenters. The van der Waals surface area contributed by atoms with Crippen LogP contribution in [0, 0.1) is 0 Å². The standard InChI is InChI=1S/C64H117O11P/c1-4-7-10-13-16-19-22-25-27-29-30-32-33-36-38-41-44-47-50-53-62(66)71-57-61(75-64(68)55-52-49-46-43-40-37-34-31-28-26-23-20-17-14-11-8-5-2)59-73-76(69,70)72-58-60(56-65)74-63(67)54-51-48-45-42-39-35-24-21-18-15-12-9-6-3/h17,20-21,24-28,60-61,65H,4-16,18-19,22-23,29-59H2,1-3H3,(H,69,70)/b20-17-,24-21-,27-25-,28-26-. The lowest BCUT2D eigenvalue weighted by atomic mass is 10.1. The summed E-state index contributed by atoms with van der Waals surface area (Å²) in [4.78, 5) is 48.7. The maximum Gasteiger partial charge on any atom is 0.472 e. The fraction of sp³-hybridized carbons (Fsp3) is 0.828. The van der Waals surface area contributed by atoms with E-state index in [1.807, 2.05) is 0 Å². The number of carbonyl (C=O) groups excluding carboxylic acids is 3. The molecule has 0 saturated carbocycles. The molecule has 11 nitrogen and oxygen atoms in total. The molecule has 0 heterocycles. The Morgan fingerprint density at radius 1 is 0.368 bits per heavy atom. The van der Waals surface area contributed by atoms with Gasteiger partial charge in [0.1, 0.15) is 12.7 Å². The van der Waals surface area contributed by atoms with E-state index in [1.165, 1.54) is 148 Å². The van der Waals surface area contributed by atoms with E-state index in [0.29, 0.717) is 19.3 Å². The lowest BCUT2D eigenvalue weighted by Crippen LogP contribution is -2.30. The number of unbranched alkanes of at least 4 members (excludes halogenated alkanes) is 34. The molecule has 0 bridgehead atoms. The van der Waals surface area contributed by atoms with Crippen molar-refractivity contribution in [1.82, 2.24) is 0 Å². The Kier molecular flexibility index (Phi) is 56.6. The van der Waals surface area contributed by atoms with Gasteiger partial charge in [0.25, 0.3) is 0 Å². The predicted molar refractivity (Wildman–Crippen MR) is 316 cm³/mol. The number of hydrogen-bond acceptors (Lipinski definition) is 10. The molecule has 0 rings (SSSR count). The average Bonchev–Trinajstić information content (AvgIpc) is 3.41. The highest BCUT2D eigenvalue weighted by molar-refractivity contribution is 7.47. The van der Waals surface area contributed by atoms with Crippen LogP contribution in [-0.4, -0.2) is 66.5 Å². The smallest absolute Gasteiger partial charge is 0.462 e. The number of hydrogen-bond donors (Lipinski definition) is 2. The summed E-state index contributed by atoms with van der Waals surface area (Å²) in [6, 6.07) is 0. The molecule has 0 amide bonds. The molecule has 0 fully saturated rings. The molecule has 0 aromatic rings. The van der Waals surface area contributed by atoms with Crippen molar-refractivity contribution in [3.8, 4) is 0 Å². The summed E-state index contributed by atoms with van der Waals surface area (Å²) in [6.07, 6.45) is 63.4. The molecule has 0 radical (unpaired) electrons. The van der Waals surface area contributed by atoms with Gasteiger partial charge in [-0.05, 0) is 103 Å². The third-order valence-electron chi connectivity index (χ3n) is 13.7. The molecule has 0 spiro atoms. The summed E-state index contributed by atoms with van der Waals surface area (Å²) in [5.41, 5.74) is 0. The van der Waals surface area contributed by atoms with E-state index in [9.17, 15) is 28.9 Å². The lowest BCUT2D eigenvalue weighted by molar-refractivity contribution is -0.161. The highest BCUT2D eigenvalue weighted by Gasteiger charge is 2.28. The molecule has 0 saturated heterocycles.